The predicted octanol–water partition coefficient (Wildman–Crippen LogP) is 3.68. The van der Waals surface area contributed by atoms with Gasteiger partial charge in [-0.1, -0.05) is 0 Å². The average molecular weight is 353 g/mol. The molecule has 7 nitrogen and oxygen atoms in total. The molecule has 1 N–H and O–H groups in total. The Labute approximate surface area is 147 Å². The number of aromatic nitrogens is 4. The summed E-state index contributed by atoms with van der Waals surface area (Å²) in [5.41, 5.74) is 1.48. The second-order valence-electron chi connectivity index (χ2n) is 6.39. The average Bonchev–Trinajstić information content (AvgIpc) is 3.41. The smallest absolute Gasteiger partial charge is 0.283 e. The van der Waals surface area contributed by atoms with Crippen molar-refractivity contribution in [2.75, 3.05) is 6.54 Å². The fourth-order valence-electron chi connectivity index (χ4n) is 3.48. The number of rotatable bonds is 4. The maximum atomic E-state index is 13.4. The highest BCUT2D eigenvalue weighted by atomic mass is 19.1. The van der Waals surface area contributed by atoms with Gasteiger partial charge in [-0.25, -0.2) is 9.37 Å². The largest absolute Gasteiger partial charge is 0.459 e. The van der Waals surface area contributed by atoms with E-state index >= 15 is 0 Å². The van der Waals surface area contributed by atoms with E-state index < -0.39 is 0 Å². The van der Waals surface area contributed by atoms with Crippen molar-refractivity contribution in [3.63, 3.8) is 0 Å². The quantitative estimate of drug-likeness (QED) is 0.602. The molecule has 4 aromatic rings. The number of fused-ring (bicyclic) bond motifs is 1. The highest BCUT2D eigenvalue weighted by Crippen LogP contribution is 2.33. The van der Waals surface area contributed by atoms with Crippen molar-refractivity contribution in [3.05, 3.63) is 54.1 Å². The van der Waals surface area contributed by atoms with Gasteiger partial charge in [0.25, 0.3) is 5.89 Å². The van der Waals surface area contributed by atoms with E-state index in [4.69, 9.17) is 8.83 Å². The van der Waals surface area contributed by atoms with Crippen LogP contribution >= 0.6 is 0 Å². The van der Waals surface area contributed by atoms with Crippen LogP contribution in [0.2, 0.25) is 0 Å². The zero-order valence-electron chi connectivity index (χ0n) is 13.9. The van der Waals surface area contributed by atoms with Crippen LogP contribution in [-0.4, -0.2) is 31.6 Å². The van der Waals surface area contributed by atoms with E-state index in [9.17, 15) is 4.39 Å². The van der Waals surface area contributed by atoms with Gasteiger partial charge in [0.2, 0.25) is 5.89 Å². The number of H-pyrrole nitrogens is 1. The first-order chi connectivity index (χ1) is 12.8. The molecule has 1 aliphatic heterocycles. The van der Waals surface area contributed by atoms with Crippen LogP contribution in [0.1, 0.15) is 30.6 Å². The number of benzene rings is 1. The molecule has 1 atom stereocenters. The Balaban J connectivity index is 1.38. The van der Waals surface area contributed by atoms with Gasteiger partial charge >= 0.3 is 0 Å². The molecule has 4 heterocycles. The minimum Gasteiger partial charge on any atom is -0.459 e. The molecule has 0 unspecified atom stereocenters. The third kappa shape index (κ3) is 2.68. The maximum absolute atomic E-state index is 13.4. The van der Waals surface area contributed by atoms with Gasteiger partial charge < -0.3 is 13.8 Å². The summed E-state index contributed by atoms with van der Waals surface area (Å²) in [4.78, 5) is 10.1. The number of halogens is 1. The Bertz CT molecular complexity index is 1040. The number of likely N-dealkylation sites (tertiary alicyclic amines) is 1. The van der Waals surface area contributed by atoms with E-state index in [1.54, 1.807) is 24.5 Å². The first-order valence-electron chi connectivity index (χ1n) is 8.52. The third-order valence-electron chi connectivity index (χ3n) is 4.68. The van der Waals surface area contributed by atoms with Crippen molar-refractivity contribution in [3.8, 4) is 11.7 Å². The number of furan rings is 1. The molecule has 5 rings (SSSR count). The highest BCUT2D eigenvalue weighted by molar-refractivity contribution is 5.75. The molecule has 0 spiro atoms. The molecule has 3 aromatic heterocycles. The standard InChI is InChI=1S/C18H16FN5O2/c19-11-5-6-12-13(9-11)21-17(20-12)14-3-1-7-24(14)10-16-22-23-18(26-16)15-4-2-8-25-15/h2,4-6,8-9,14H,1,3,7,10H2,(H,20,21)/t14-/m1/s1. The summed E-state index contributed by atoms with van der Waals surface area (Å²) in [6.07, 6.45) is 3.59. The topological polar surface area (TPSA) is 84.0 Å². The number of aromatic amines is 1. The lowest BCUT2D eigenvalue weighted by atomic mass is 10.2. The van der Waals surface area contributed by atoms with E-state index in [0.29, 0.717) is 29.6 Å². The van der Waals surface area contributed by atoms with Gasteiger partial charge in [0.1, 0.15) is 11.6 Å². The van der Waals surface area contributed by atoms with Crippen molar-refractivity contribution < 1.29 is 13.2 Å². The minimum atomic E-state index is -0.271. The first-order valence-corrected chi connectivity index (χ1v) is 8.52. The van der Waals surface area contributed by atoms with Crippen molar-refractivity contribution in [1.82, 2.24) is 25.1 Å². The maximum Gasteiger partial charge on any atom is 0.283 e. The molecule has 0 bridgehead atoms. The van der Waals surface area contributed by atoms with Crippen LogP contribution in [0.25, 0.3) is 22.7 Å². The van der Waals surface area contributed by atoms with Crippen LogP contribution < -0.4 is 0 Å². The van der Waals surface area contributed by atoms with E-state index in [1.807, 2.05) is 0 Å². The molecular formula is C18H16FN5O2. The first kappa shape index (κ1) is 15.3. The van der Waals surface area contributed by atoms with Gasteiger partial charge in [-0.15, -0.1) is 10.2 Å². The molecule has 26 heavy (non-hydrogen) atoms. The van der Waals surface area contributed by atoms with Gasteiger partial charge in [-0.05, 0) is 49.7 Å². The number of imidazole rings is 1. The van der Waals surface area contributed by atoms with Gasteiger partial charge in [0, 0.05) is 0 Å². The normalized spacial score (nSPS) is 18.1. The summed E-state index contributed by atoms with van der Waals surface area (Å²) in [6, 6.07) is 8.26. The fraction of sp³-hybridized carbons (Fsp3) is 0.278. The molecule has 1 saturated heterocycles. The van der Waals surface area contributed by atoms with Gasteiger partial charge in [-0.2, -0.15) is 0 Å². The van der Waals surface area contributed by atoms with E-state index in [2.05, 4.69) is 25.1 Å². The van der Waals surface area contributed by atoms with E-state index in [0.717, 1.165) is 30.7 Å². The van der Waals surface area contributed by atoms with Crippen molar-refractivity contribution in [1.29, 1.82) is 0 Å². The summed E-state index contributed by atoms with van der Waals surface area (Å²) in [7, 11) is 0. The molecule has 1 aliphatic rings. The predicted molar refractivity (Wildman–Crippen MR) is 90.4 cm³/mol. The Morgan fingerprint density at radius 2 is 2.23 bits per heavy atom. The molecule has 1 aromatic carbocycles. The molecule has 0 aliphatic carbocycles. The van der Waals surface area contributed by atoms with Gasteiger partial charge in [-0.3, -0.25) is 4.90 Å². The monoisotopic (exact) mass is 353 g/mol. The van der Waals surface area contributed by atoms with Crippen molar-refractivity contribution in [2.45, 2.75) is 25.4 Å². The van der Waals surface area contributed by atoms with Crippen LogP contribution in [0.5, 0.6) is 0 Å². The lowest BCUT2D eigenvalue weighted by Crippen LogP contribution is -2.23. The van der Waals surface area contributed by atoms with Gasteiger partial charge in [0.05, 0.1) is 29.9 Å². The molecule has 8 heteroatoms. The molecule has 0 radical (unpaired) electrons. The zero-order valence-corrected chi connectivity index (χ0v) is 13.9. The SMILES string of the molecule is Fc1ccc2nc([C@H]3CCCN3Cc3nnc(-c4ccco4)o3)[nH]c2c1. The lowest BCUT2D eigenvalue weighted by Gasteiger charge is -2.20. The summed E-state index contributed by atoms with van der Waals surface area (Å²) in [5.74, 6) is 2.03. The molecular weight excluding hydrogens is 337 g/mol. The highest BCUT2D eigenvalue weighted by Gasteiger charge is 2.30. The summed E-state index contributed by atoms with van der Waals surface area (Å²) in [5, 5.41) is 8.16. The third-order valence-corrected chi connectivity index (χ3v) is 4.68. The molecule has 0 saturated carbocycles. The van der Waals surface area contributed by atoms with Gasteiger partial charge in [0.15, 0.2) is 5.76 Å². The van der Waals surface area contributed by atoms with E-state index in [1.165, 1.54) is 12.1 Å². The van der Waals surface area contributed by atoms with Crippen molar-refractivity contribution >= 4 is 11.0 Å². The Hall–Kier alpha value is -3.00. The summed E-state index contributed by atoms with van der Waals surface area (Å²) in [6.45, 7) is 1.44. The molecule has 1 fully saturated rings. The van der Waals surface area contributed by atoms with Crippen molar-refractivity contribution in [2.24, 2.45) is 0 Å². The Morgan fingerprint density at radius 3 is 3.12 bits per heavy atom. The van der Waals surface area contributed by atoms with Crippen LogP contribution in [0, 0.1) is 5.82 Å². The van der Waals surface area contributed by atoms with Crippen LogP contribution in [0.3, 0.4) is 0 Å². The van der Waals surface area contributed by atoms with Crippen LogP contribution in [0.15, 0.2) is 45.4 Å². The summed E-state index contributed by atoms with van der Waals surface area (Å²) < 4.78 is 24.4. The second kappa shape index (κ2) is 6.06. The fourth-order valence-corrected chi connectivity index (χ4v) is 3.48. The second-order valence-corrected chi connectivity index (χ2v) is 6.39. The Morgan fingerprint density at radius 1 is 1.27 bits per heavy atom. The number of nitrogens with one attached hydrogen (secondary N) is 1. The lowest BCUT2D eigenvalue weighted by molar-refractivity contribution is 0.218. The molecule has 132 valence electrons. The minimum absolute atomic E-state index is 0.115. The zero-order chi connectivity index (χ0) is 17.5. The number of hydrogen-bond donors (Lipinski definition) is 1. The summed E-state index contributed by atoms with van der Waals surface area (Å²) >= 11 is 0. The molecule has 0 amide bonds. The van der Waals surface area contributed by atoms with Crippen LogP contribution in [0.4, 0.5) is 4.39 Å². The Kier molecular flexibility index (Phi) is 3.56. The number of hydrogen-bond acceptors (Lipinski definition) is 6. The van der Waals surface area contributed by atoms with Crippen LogP contribution in [-0.2, 0) is 6.54 Å². The number of nitrogens with zero attached hydrogens (tertiary/aromatic N) is 4. The van der Waals surface area contributed by atoms with E-state index in [-0.39, 0.29) is 11.9 Å².